The Kier molecular flexibility index (Phi) is 3.67. The highest BCUT2D eigenvalue weighted by Crippen LogP contribution is 2.56. The number of fused-ring (bicyclic) bond motifs is 6. The highest BCUT2D eigenvalue weighted by atomic mass is 16.6. The van der Waals surface area contributed by atoms with E-state index in [4.69, 9.17) is 14.2 Å². The number of nitrogens with zero attached hydrogens (tertiary/aromatic N) is 1. The lowest BCUT2D eigenvalue weighted by Crippen LogP contribution is -2.33. The zero-order valence-corrected chi connectivity index (χ0v) is 15.6. The van der Waals surface area contributed by atoms with Crippen LogP contribution in [0.3, 0.4) is 0 Å². The molecule has 0 bridgehead atoms. The number of carbonyl (C=O) groups is 1. The molecule has 5 nitrogen and oxygen atoms in total. The van der Waals surface area contributed by atoms with Gasteiger partial charge in [-0.25, -0.2) is 4.79 Å². The van der Waals surface area contributed by atoms with E-state index in [-0.39, 0.29) is 5.97 Å². The first-order valence-corrected chi connectivity index (χ1v) is 9.12. The van der Waals surface area contributed by atoms with Gasteiger partial charge in [-0.1, -0.05) is 36.4 Å². The molecule has 0 saturated heterocycles. The van der Waals surface area contributed by atoms with Crippen LogP contribution in [-0.2, 0) is 10.3 Å². The Bertz CT molecular complexity index is 1090. The summed E-state index contributed by atoms with van der Waals surface area (Å²) >= 11 is 0. The van der Waals surface area contributed by atoms with Gasteiger partial charge in [0, 0.05) is 22.8 Å². The van der Waals surface area contributed by atoms with Gasteiger partial charge in [-0.3, -0.25) is 4.90 Å². The van der Waals surface area contributed by atoms with E-state index in [2.05, 4.69) is 0 Å². The minimum absolute atomic E-state index is 0.328. The summed E-state index contributed by atoms with van der Waals surface area (Å²) in [6.07, 6.45) is 0. The Morgan fingerprint density at radius 1 is 0.893 bits per heavy atom. The van der Waals surface area contributed by atoms with Gasteiger partial charge >= 0.3 is 5.97 Å². The van der Waals surface area contributed by atoms with Crippen LogP contribution in [0.1, 0.15) is 27.0 Å². The van der Waals surface area contributed by atoms with Crippen LogP contribution in [0, 0.1) is 0 Å². The Morgan fingerprint density at radius 3 is 2.43 bits per heavy atom. The zero-order valence-electron chi connectivity index (χ0n) is 15.6. The Balaban J connectivity index is 1.73. The van der Waals surface area contributed by atoms with Gasteiger partial charge in [0.15, 0.2) is 5.60 Å². The van der Waals surface area contributed by atoms with Crippen molar-refractivity contribution < 1.29 is 19.0 Å². The lowest BCUT2D eigenvalue weighted by Gasteiger charge is -2.36. The molecular weight excluding hydrogens is 354 g/mol. The van der Waals surface area contributed by atoms with Gasteiger partial charge in [0.25, 0.3) is 0 Å². The molecule has 1 unspecified atom stereocenters. The van der Waals surface area contributed by atoms with Crippen molar-refractivity contribution in [2.24, 2.45) is 0 Å². The van der Waals surface area contributed by atoms with Gasteiger partial charge in [-0.05, 0) is 38.4 Å². The molecule has 0 aromatic heterocycles. The standard InChI is InChI=1S/C23H19NO4/c1-24(2)14-26-15-11-12-19-21(13-15)27-20-10-6-5-9-18(20)23(19)17-8-4-3-7-16(17)22(25)28-23/h3-13H,14H2,1-2H3. The molecule has 5 rings (SSSR count). The molecule has 1 spiro atoms. The highest BCUT2D eigenvalue weighted by Gasteiger charge is 2.53. The fraction of sp³-hybridized carbons (Fsp3) is 0.174. The van der Waals surface area contributed by atoms with E-state index < -0.39 is 5.60 Å². The predicted molar refractivity (Wildman–Crippen MR) is 104 cm³/mol. The first-order chi connectivity index (χ1) is 13.6. The van der Waals surface area contributed by atoms with Gasteiger partial charge in [0.05, 0.1) is 5.56 Å². The van der Waals surface area contributed by atoms with Crippen LogP contribution in [0.15, 0.2) is 66.7 Å². The van der Waals surface area contributed by atoms with E-state index in [0.717, 1.165) is 16.7 Å². The summed E-state index contributed by atoms with van der Waals surface area (Å²) in [5.74, 6) is 1.66. The van der Waals surface area contributed by atoms with Crippen molar-refractivity contribution in [2.75, 3.05) is 20.8 Å². The maximum atomic E-state index is 12.7. The predicted octanol–water partition coefficient (Wildman–Crippen LogP) is 4.15. The molecule has 2 aliphatic rings. The van der Waals surface area contributed by atoms with Crippen molar-refractivity contribution in [2.45, 2.75) is 5.60 Å². The molecule has 1 atom stereocenters. The molecule has 0 aliphatic carbocycles. The minimum atomic E-state index is -1.02. The molecule has 0 fully saturated rings. The summed E-state index contributed by atoms with van der Waals surface area (Å²) in [5.41, 5.74) is 2.01. The largest absolute Gasteiger partial charge is 0.478 e. The lowest BCUT2D eigenvalue weighted by molar-refractivity contribution is 0.0224. The molecule has 0 saturated carbocycles. The molecule has 2 aliphatic heterocycles. The van der Waals surface area contributed by atoms with E-state index in [1.807, 2.05) is 79.7 Å². The van der Waals surface area contributed by atoms with Crippen LogP contribution in [-0.4, -0.2) is 31.7 Å². The van der Waals surface area contributed by atoms with Gasteiger partial charge in [-0.2, -0.15) is 0 Å². The van der Waals surface area contributed by atoms with Crippen LogP contribution < -0.4 is 9.47 Å². The third-order valence-corrected chi connectivity index (χ3v) is 5.08. The summed E-state index contributed by atoms with van der Waals surface area (Å²) < 4.78 is 18.1. The molecule has 3 aromatic rings. The fourth-order valence-electron chi connectivity index (χ4n) is 3.90. The summed E-state index contributed by atoms with van der Waals surface area (Å²) in [6, 6.07) is 20.9. The van der Waals surface area contributed by atoms with Crippen molar-refractivity contribution in [3.05, 3.63) is 89.0 Å². The van der Waals surface area contributed by atoms with Crippen molar-refractivity contribution in [3.8, 4) is 17.2 Å². The van der Waals surface area contributed by atoms with Crippen LogP contribution in [0.25, 0.3) is 0 Å². The Labute approximate surface area is 163 Å². The quantitative estimate of drug-likeness (QED) is 0.510. The van der Waals surface area contributed by atoms with Crippen LogP contribution in [0.5, 0.6) is 17.2 Å². The molecule has 0 radical (unpaired) electrons. The van der Waals surface area contributed by atoms with Crippen molar-refractivity contribution in [3.63, 3.8) is 0 Å². The SMILES string of the molecule is CN(C)COc1ccc2c(c1)Oc1ccccc1C21OC(=O)c2ccccc21. The van der Waals surface area contributed by atoms with E-state index in [1.165, 1.54) is 0 Å². The topological polar surface area (TPSA) is 48.0 Å². The molecular formula is C23H19NO4. The number of rotatable bonds is 3. The number of carbonyl (C=O) groups excluding carboxylic acids is 1. The summed E-state index contributed by atoms with van der Waals surface area (Å²) in [6.45, 7) is 0.457. The molecule has 140 valence electrons. The molecule has 0 N–H and O–H groups in total. The fourth-order valence-corrected chi connectivity index (χ4v) is 3.90. The molecule has 0 amide bonds. The van der Waals surface area contributed by atoms with Crippen molar-refractivity contribution in [1.29, 1.82) is 0 Å². The number of hydrogen-bond acceptors (Lipinski definition) is 5. The number of hydrogen-bond donors (Lipinski definition) is 0. The molecule has 3 aromatic carbocycles. The summed E-state index contributed by atoms with van der Waals surface area (Å²) in [5, 5.41) is 0. The third kappa shape index (κ3) is 2.33. The number of esters is 1. The van der Waals surface area contributed by atoms with Crippen LogP contribution in [0.2, 0.25) is 0 Å². The smallest absolute Gasteiger partial charge is 0.340 e. The monoisotopic (exact) mass is 373 g/mol. The second-order valence-corrected chi connectivity index (χ2v) is 7.23. The average Bonchev–Trinajstić information content (AvgIpc) is 3.00. The first kappa shape index (κ1) is 16.8. The minimum Gasteiger partial charge on any atom is -0.478 e. The van der Waals surface area contributed by atoms with Gasteiger partial charge in [0.1, 0.15) is 24.0 Å². The van der Waals surface area contributed by atoms with Gasteiger partial charge in [0.2, 0.25) is 0 Å². The number of benzene rings is 3. The second-order valence-electron chi connectivity index (χ2n) is 7.23. The van der Waals surface area contributed by atoms with E-state index in [0.29, 0.717) is 29.5 Å². The maximum absolute atomic E-state index is 12.7. The highest BCUT2D eigenvalue weighted by molar-refractivity contribution is 5.97. The summed E-state index contributed by atoms with van der Waals surface area (Å²) in [7, 11) is 3.88. The van der Waals surface area contributed by atoms with E-state index in [9.17, 15) is 4.79 Å². The maximum Gasteiger partial charge on any atom is 0.340 e. The van der Waals surface area contributed by atoms with Crippen LogP contribution in [0.4, 0.5) is 0 Å². The number of ether oxygens (including phenoxy) is 3. The lowest BCUT2D eigenvalue weighted by atomic mass is 9.78. The molecule has 28 heavy (non-hydrogen) atoms. The Morgan fingerprint density at radius 2 is 1.61 bits per heavy atom. The van der Waals surface area contributed by atoms with E-state index in [1.54, 1.807) is 6.07 Å². The average molecular weight is 373 g/mol. The van der Waals surface area contributed by atoms with Crippen LogP contribution >= 0.6 is 0 Å². The first-order valence-electron chi connectivity index (χ1n) is 9.12. The van der Waals surface area contributed by atoms with Crippen molar-refractivity contribution in [1.82, 2.24) is 4.90 Å². The molecule has 5 heteroatoms. The van der Waals surface area contributed by atoms with Crippen molar-refractivity contribution >= 4 is 5.97 Å². The zero-order chi connectivity index (χ0) is 19.3. The molecule has 2 heterocycles. The third-order valence-electron chi connectivity index (χ3n) is 5.08. The normalized spacial score (nSPS) is 18.9. The Hall–Kier alpha value is -3.31. The van der Waals surface area contributed by atoms with Gasteiger partial charge < -0.3 is 14.2 Å². The number of para-hydroxylation sites is 1. The second kappa shape index (κ2) is 6.11. The summed E-state index contributed by atoms with van der Waals surface area (Å²) in [4.78, 5) is 14.6. The van der Waals surface area contributed by atoms with Gasteiger partial charge in [-0.15, -0.1) is 0 Å². The van der Waals surface area contributed by atoms with E-state index >= 15 is 0 Å².